The predicted molar refractivity (Wildman–Crippen MR) is 107 cm³/mol. The Morgan fingerprint density at radius 3 is 2.61 bits per heavy atom. The molecule has 0 saturated carbocycles. The highest BCUT2D eigenvalue weighted by Crippen LogP contribution is 2.13. The fraction of sp³-hybridized carbons (Fsp3) is 0.800. The van der Waals surface area contributed by atoms with Crippen LogP contribution >= 0.6 is 24.0 Å². The lowest BCUT2D eigenvalue weighted by Crippen LogP contribution is -2.45. The predicted octanol–water partition coefficient (Wildman–Crippen LogP) is 1.21. The molecule has 1 heterocycles. The number of nitrogens with zero attached hydrogens (tertiary/aromatic N) is 5. The van der Waals surface area contributed by atoms with Gasteiger partial charge in [0.2, 0.25) is 0 Å². The van der Waals surface area contributed by atoms with E-state index in [1.54, 1.807) is 13.4 Å². The van der Waals surface area contributed by atoms with Gasteiger partial charge in [0.05, 0.1) is 0 Å². The molecule has 23 heavy (non-hydrogen) atoms. The van der Waals surface area contributed by atoms with Gasteiger partial charge < -0.3 is 20.1 Å². The zero-order valence-corrected chi connectivity index (χ0v) is 17.6. The van der Waals surface area contributed by atoms with E-state index in [4.69, 9.17) is 0 Å². The largest absolute Gasteiger partial charge is 0.356 e. The second-order valence-corrected chi connectivity index (χ2v) is 6.55. The van der Waals surface area contributed by atoms with Gasteiger partial charge in [-0.15, -0.1) is 34.2 Å². The van der Waals surface area contributed by atoms with Crippen LogP contribution < -0.4 is 10.6 Å². The number of hydrogen-bond donors (Lipinski definition) is 2. The summed E-state index contributed by atoms with van der Waals surface area (Å²) in [4.78, 5) is 6.48. The summed E-state index contributed by atoms with van der Waals surface area (Å²) in [6, 6.07) is 0. The third-order valence-corrected chi connectivity index (χ3v) is 3.36. The molecule has 0 spiro atoms. The van der Waals surface area contributed by atoms with E-state index in [9.17, 15) is 0 Å². The van der Waals surface area contributed by atoms with Crippen LogP contribution in [-0.2, 0) is 13.0 Å². The summed E-state index contributed by atoms with van der Waals surface area (Å²) in [5, 5.41) is 14.8. The first-order chi connectivity index (χ1) is 10.4. The molecule has 0 atom stereocenters. The van der Waals surface area contributed by atoms with Crippen molar-refractivity contribution in [2.24, 2.45) is 10.4 Å². The lowest BCUT2D eigenvalue weighted by Gasteiger charge is -2.29. The average molecular weight is 437 g/mol. The Hall–Kier alpha value is -0.900. The topological polar surface area (TPSA) is 70.4 Å². The summed E-state index contributed by atoms with van der Waals surface area (Å²) in [7, 11) is 5.99. The third kappa shape index (κ3) is 8.50. The molecule has 1 aromatic heterocycles. The number of rotatable bonds is 8. The summed E-state index contributed by atoms with van der Waals surface area (Å²) in [6.45, 7) is 10.1. The van der Waals surface area contributed by atoms with E-state index in [0.29, 0.717) is 0 Å². The summed E-state index contributed by atoms with van der Waals surface area (Å²) in [5.74, 6) is 1.84. The Balaban J connectivity index is 0.00000484. The molecular formula is C15H32IN7. The van der Waals surface area contributed by atoms with E-state index in [2.05, 4.69) is 70.2 Å². The first-order valence-electron chi connectivity index (χ1n) is 7.84. The van der Waals surface area contributed by atoms with Crippen molar-refractivity contribution in [2.45, 2.75) is 33.7 Å². The van der Waals surface area contributed by atoms with Crippen LogP contribution in [0.15, 0.2) is 11.3 Å². The van der Waals surface area contributed by atoms with Gasteiger partial charge in [0.25, 0.3) is 0 Å². The Kier molecular flexibility index (Phi) is 10.4. The highest BCUT2D eigenvalue weighted by molar-refractivity contribution is 14.0. The van der Waals surface area contributed by atoms with Crippen molar-refractivity contribution in [1.29, 1.82) is 0 Å². The number of aliphatic imine (C=N–C) groups is 1. The normalized spacial score (nSPS) is 12.2. The highest BCUT2D eigenvalue weighted by Gasteiger charge is 2.19. The second kappa shape index (κ2) is 10.8. The van der Waals surface area contributed by atoms with Crippen molar-refractivity contribution in [3.8, 4) is 0 Å². The lowest BCUT2D eigenvalue weighted by atomic mass is 9.93. The summed E-state index contributed by atoms with van der Waals surface area (Å²) < 4.78 is 2.07. The van der Waals surface area contributed by atoms with Crippen LogP contribution in [0.1, 0.15) is 26.6 Å². The van der Waals surface area contributed by atoms with Gasteiger partial charge in [-0.1, -0.05) is 20.8 Å². The maximum Gasteiger partial charge on any atom is 0.191 e. The first kappa shape index (κ1) is 22.1. The van der Waals surface area contributed by atoms with Gasteiger partial charge >= 0.3 is 0 Å². The van der Waals surface area contributed by atoms with Gasteiger partial charge in [0.15, 0.2) is 5.96 Å². The van der Waals surface area contributed by atoms with E-state index < -0.39 is 0 Å². The SMILES string of the molecule is CCc1nncn1CCNC(=NC)NCC(C)(C)CN(C)C.I. The third-order valence-electron chi connectivity index (χ3n) is 3.36. The average Bonchev–Trinajstić information content (AvgIpc) is 2.88. The van der Waals surface area contributed by atoms with Crippen LogP contribution in [0.4, 0.5) is 0 Å². The molecule has 134 valence electrons. The number of halogens is 1. The summed E-state index contributed by atoms with van der Waals surface area (Å²) in [6.07, 6.45) is 2.67. The first-order valence-corrected chi connectivity index (χ1v) is 7.84. The standard InChI is InChI=1S/C15H31N7.HI/c1-7-13-20-19-12-22(13)9-8-17-14(16-4)18-10-15(2,3)11-21(5)6;/h12H,7-11H2,1-6H3,(H2,16,17,18);1H. The molecule has 0 aliphatic carbocycles. The number of aromatic nitrogens is 3. The quantitative estimate of drug-likeness (QED) is 0.364. The molecule has 8 heteroatoms. The number of aryl methyl sites for hydroxylation is 1. The zero-order chi connectivity index (χ0) is 16.6. The molecular weight excluding hydrogens is 405 g/mol. The fourth-order valence-electron chi connectivity index (χ4n) is 2.49. The smallest absolute Gasteiger partial charge is 0.191 e. The van der Waals surface area contributed by atoms with Crippen LogP contribution in [0.25, 0.3) is 0 Å². The summed E-state index contributed by atoms with van der Waals surface area (Å²) in [5.41, 5.74) is 0.185. The second-order valence-electron chi connectivity index (χ2n) is 6.55. The van der Waals surface area contributed by atoms with Crippen LogP contribution in [-0.4, -0.2) is 66.4 Å². The molecule has 0 aliphatic heterocycles. The van der Waals surface area contributed by atoms with Crippen molar-refractivity contribution >= 4 is 29.9 Å². The molecule has 0 aromatic carbocycles. The van der Waals surface area contributed by atoms with Crippen molar-refractivity contribution in [2.75, 3.05) is 40.8 Å². The van der Waals surface area contributed by atoms with Crippen molar-refractivity contribution in [3.05, 3.63) is 12.2 Å². The monoisotopic (exact) mass is 437 g/mol. The van der Waals surface area contributed by atoms with Crippen LogP contribution in [0.2, 0.25) is 0 Å². The molecule has 7 nitrogen and oxygen atoms in total. The Bertz CT molecular complexity index is 468. The minimum Gasteiger partial charge on any atom is -0.356 e. The molecule has 2 N–H and O–H groups in total. The van der Waals surface area contributed by atoms with Crippen molar-refractivity contribution in [3.63, 3.8) is 0 Å². The maximum atomic E-state index is 4.27. The molecule has 0 fully saturated rings. The number of guanidine groups is 1. The molecule has 0 amide bonds. The van der Waals surface area contributed by atoms with Gasteiger partial charge in [-0.05, 0) is 19.5 Å². The van der Waals surface area contributed by atoms with E-state index in [-0.39, 0.29) is 29.4 Å². The molecule has 0 bridgehead atoms. The molecule has 0 unspecified atom stereocenters. The van der Waals surface area contributed by atoms with Gasteiger partial charge in [-0.3, -0.25) is 4.99 Å². The maximum absolute atomic E-state index is 4.27. The van der Waals surface area contributed by atoms with Gasteiger partial charge in [0.1, 0.15) is 12.2 Å². The molecule has 0 radical (unpaired) electrons. The molecule has 0 aliphatic rings. The van der Waals surface area contributed by atoms with Crippen molar-refractivity contribution < 1.29 is 0 Å². The van der Waals surface area contributed by atoms with Crippen LogP contribution in [0.5, 0.6) is 0 Å². The lowest BCUT2D eigenvalue weighted by molar-refractivity contribution is 0.241. The Morgan fingerprint density at radius 2 is 2.04 bits per heavy atom. The van der Waals surface area contributed by atoms with Crippen molar-refractivity contribution in [1.82, 2.24) is 30.3 Å². The molecule has 1 aromatic rings. The zero-order valence-electron chi connectivity index (χ0n) is 15.3. The fourth-order valence-corrected chi connectivity index (χ4v) is 2.49. The molecule has 0 saturated heterocycles. The minimum atomic E-state index is 0. The highest BCUT2D eigenvalue weighted by atomic mass is 127. The number of nitrogens with one attached hydrogen (secondary N) is 2. The molecule has 1 rings (SSSR count). The Labute approximate surface area is 157 Å². The Morgan fingerprint density at radius 1 is 1.35 bits per heavy atom. The van der Waals surface area contributed by atoms with Gasteiger partial charge in [-0.2, -0.15) is 0 Å². The van der Waals surface area contributed by atoms with Crippen LogP contribution in [0.3, 0.4) is 0 Å². The van der Waals surface area contributed by atoms with E-state index in [0.717, 1.165) is 44.4 Å². The van der Waals surface area contributed by atoms with E-state index in [1.165, 1.54) is 0 Å². The van der Waals surface area contributed by atoms with Gasteiger partial charge in [-0.25, -0.2) is 0 Å². The van der Waals surface area contributed by atoms with Crippen LogP contribution in [0, 0.1) is 5.41 Å². The minimum absolute atomic E-state index is 0. The van der Waals surface area contributed by atoms with E-state index in [1.807, 2.05) is 0 Å². The van der Waals surface area contributed by atoms with E-state index >= 15 is 0 Å². The number of hydrogen-bond acceptors (Lipinski definition) is 4. The van der Waals surface area contributed by atoms with Gasteiger partial charge in [0, 0.05) is 39.6 Å². The summed E-state index contributed by atoms with van der Waals surface area (Å²) >= 11 is 0.